The van der Waals surface area contributed by atoms with Crippen LogP contribution in [0, 0.1) is 0 Å². The van der Waals surface area contributed by atoms with Gasteiger partial charge >= 0.3 is 0 Å². The number of ether oxygens (including phenoxy) is 3. The zero-order valence-corrected chi connectivity index (χ0v) is 7.69. The molecule has 13 heavy (non-hydrogen) atoms. The molecule has 74 valence electrons. The van der Waals surface area contributed by atoms with Crippen LogP contribution >= 0.6 is 0 Å². The first kappa shape index (κ1) is 9.12. The van der Waals surface area contributed by atoms with E-state index in [2.05, 4.69) is 0 Å². The van der Waals surface area contributed by atoms with Gasteiger partial charge in [0.05, 0.1) is 25.9 Å². The van der Waals surface area contributed by atoms with Crippen molar-refractivity contribution in [3.63, 3.8) is 0 Å². The third-order valence-electron chi connectivity index (χ3n) is 2.22. The van der Waals surface area contributed by atoms with E-state index in [1.807, 2.05) is 0 Å². The molecule has 2 fully saturated rings. The lowest BCUT2D eigenvalue weighted by molar-refractivity contribution is -0.129. The van der Waals surface area contributed by atoms with Crippen LogP contribution in [0.25, 0.3) is 0 Å². The highest BCUT2D eigenvalue weighted by atomic mass is 16.6. The van der Waals surface area contributed by atoms with E-state index in [9.17, 15) is 4.79 Å². The van der Waals surface area contributed by atoms with Crippen molar-refractivity contribution in [2.75, 3.05) is 19.8 Å². The summed E-state index contributed by atoms with van der Waals surface area (Å²) in [6.07, 6.45) is 0.870. The maximum Gasteiger partial charge on any atom is 0.158 e. The van der Waals surface area contributed by atoms with Gasteiger partial charge in [-0.3, -0.25) is 4.79 Å². The first-order chi connectivity index (χ1) is 6.25. The fourth-order valence-electron chi connectivity index (χ4n) is 1.18. The number of hydrogen-bond acceptors (Lipinski definition) is 4. The molecule has 2 rings (SSSR count). The van der Waals surface area contributed by atoms with Gasteiger partial charge in [0, 0.05) is 6.42 Å². The average Bonchev–Trinajstić information content (AvgIpc) is 2.92. The van der Waals surface area contributed by atoms with Crippen molar-refractivity contribution < 1.29 is 19.0 Å². The average molecular weight is 186 g/mol. The normalized spacial score (nSPS) is 32.7. The van der Waals surface area contributed by atoms with E-state index in [1.165, 1.54) is 0 Å². The largest absolute Gasteiger partial charge is 0.373 e. The minimum atomic E-state index is -0.295. The topological polar surface area (TPSA) is 51.4 Å². The van der Waals surface area contributed by atoms with Crippen molar-refractivity contribution in [1.29, 1.82) is 0 Å². The van der Waals surface area contributed by atoms with Crippen LogP contribution < -0.4 is 0 Å². The molecule has 0 amide bonds. The molecule has 0 aromatic carbocycles. The van der Waals surface area contributed by atoms with E-state index >= 15 is 0 Å². The fourth-order valence-corrected chi connectivity index (χ4v) is 1.18. The van der Waals surface area contributed by atoms with Crippen molar-refractivity contribution in [3.8, 4) is 0 Å². The molecule has 2 saturated heterocycles. The van der Waals surface area contributed by atoms with Crippen LogP contribution in [0.1, 0.15) is 13.3 Å². The summed E-state index contributed by atoms with van der Waals surface area (Å²) in [5, 5.41) is 0. The summed E-state index contributed by atoms with van der Waals surface area (Å²) in [5.41, 5.74) is 0. The molecule has 3 unspecified atom stereocenters. The number of carbonyl (C=O) groups excluding carboxylic acids is 1. The van der Waals surface area contributed by atoms with E-state index in [0.29, 0.717) is 13.0 Å². The molecule has 0 saturated carbocycles. The second kappa shape index (κ2) is 3.74. The van der Waals surface area contributed by atoms with Gasteiger partial charge in [0.15, 0.2) is 5.78 Å². The molecule has 0 spiro atoms. The third kappa shape index (κ3) is 3.06. The van der Waals surface area contributed by atoms with Gasteiger partial charge in [-0.05, 0) is 6.92 Å². The minimum Gasteiger partial charge on any atom is -0.373 e. The fraction of sp³-hybridized carbons (Fsp3) is 0.889. The summed E-state index contributed by atoms with van der Waals surface area (Å²) in [7, 11) is 0. The van der Waals surface area contributed by atoms with E-state index in [4.69, 9.17) is 14.2 Å². The predicted molar refractivity (Wildman–Crippen MR) is 44.5 cm³/mol. The molecule has 2 aliphatic heterocycles. The highest BCUT2D eigenvalue weighted by molar-refractivity contribution is 5.80. The van der Waals surface area contributed by atoms with Crippen molar-refractivity contribution in [1.82, 2.24) is 0 Å². The van der Waals surface area contributed by atoms with Gasteiger partial charge in [0.25, 0.3) is 0 Å². The van der Waals surface area contributed by atoms with Crippen molar-refractivity contribution in [3.05, 3.63) is 0 Å². The van der Waals surface area contributed by atoms with Crippen LogP contribution in [-0.2, 0) is 19.0 Å². The van der Waals surface area contributed by atoms with Crippen LogP contribution in [0.2, 0.25) is 0 Å². The molecule has 0 aliphatic carbocycles. The van der Waals surface area contributed by atoms with Crippen LogP contribution in [0.3, 0.4) is 0 Å². The second-order valence-corrected chi connectivity index (χ2v) is 3.58. The SMILES string of the molecule is CC(=O)C(CC1CO1)OCC1CO1. The molecule has 4 heteroatoms. The van der Waals surface area contributed by atoms with Gasteiger partial charge in [0.1, 0.15) is 12.2 Å². The number of carbonyl (C=O) groups is 1. The molecule has 0 bridgehead atoms. The monoisotopic (exact) mass is 186 g/mol. The first-order valence-corrected chi connectivity index (χ1v) is 4.61. The first-order valence-electron chi connectivity index (χ1n) is 4.61. The van der Waals surface area contributed by atoms with Gasteiger partial charge in [-0.25, -0.2) is 0 Å². The number of rotatable bonds is 6. The van der Waals surface area contributed by atoms with Crippen molar-refractivity contribution in [2.24, 2.45) is 0 Å². The third-order valence-corrected chi connectivity index (χ3v) is 2.22. The summed E-state index contributed by atoms with van der Waals surface area (Å²) in [6.45, 7) is 3.63. The number of epoxide rings is 2. The molecule has 0 aromatic heterocycles. The second-order valence-electron chi connectivity index (χ2n) is 3.58. The van der Waals surface area contributed by atoms with E-state index in [-0.39, 0.29) is 24.1 Å². The highest BCUT2D eigenvalue weighted by Crippen LogP contribution is 2.19. The van der Waals surface area contributed by atoms with E-state index < -0.39 is 0 Å². The van der Waals surface area contributed by atoms with Gasteiger partial charge < -0.3 is 14.2 Å². The van der Waals surface area contributed by atoms with Crippen LogP contribution in [0.15, 0.2) is 0 Å². The van der Waals surface area contributed by atoms with Gasteiger partial charge in [-0.15, -0.1) is 0 Å². The van der Waals surface area contributed by atoms with Crippen LogP contribution in [0.5, 0.6) is 0 Å². The van der Waals surface area contributed by atoms with Crippen molar-refractivity contribution >= 4 is 5.78 Å². The molecule has 3 atom stereocenters. The Bertz CT molecular complexity index is 196. The van der Waals surface area contributed by atoms with Crippen LogP contribution in [-0.4, -0.2) is 43.9 Å². The van der Waals surface area contributed by atoms with Gasteiger partial charge in [-0.1, -0.05) is 0 Å². The Morgan fingerprint density at radius 2 is 2.08 bits per heavy atom. The highest BCUT2D eigenvalue weighted by Gasteiger charge is 2.31. The summed E-state index contributed by atoms with van der Waals surface area (Å²) in [6, 6.07) is 0. The van der Waals surface area contributed by atoms with Gasteiger partial charge in [-0.2, -0.15) is 0 Å². The predicted octanol–water partition coefficient (Wildman–Crippen LogP) is 0.148. The molecule has 2 heterocycles. The smallest absolute Gasteiger partial charge is 0.158 e. The molecular formula is C9H14O4. The number of Topliss-reactive ketones (excluding diaryl/α,β-unsaturated/α-hetero) is 1. The lowest BCUT2D eigenvalue weighted by atomic mass is 10.1. The minimum absolute atomic E-state index is 0.0798. The lowest BCUT2D eigenvalue weighted by Crippen LogP contribution is -2.25. The van der Waals surface area contributed by atoms with Crippen LogP contribution in [0.4, 0.5) is 0 Å². The van der Waals surface area contributed by atoms with E-state index in [1.54, 1.807) is 6.92 Å². The maximum absolute atomic E-state index is 11.1. The summed E-state index contributed by atoms with van der Waals surface area (Å²) >= 11 is 0. The Kier molecular flexibility index (Phi) is 2.62. The molecule has 0 aromatic rings. The molecule has 0 N–H and O–H groups in total. The molecular weight excluding hydrogens is 172 g/mol. The maximum atomic E-state index is 11.1. The summed E-state index contributed by atoms with van der Waals surface area (Å²) in [5.74, 6) is 0.0798. The van der Waals surface area contributed by atoms with E-state index in [0.717, 1.165) is 13.2 Å². The standard InChI is InChI=1S/C9H14O4/c1-6(10)9(2-7-3-11-7)13-5-8-4-12-8/h7-9H,2-5H2,1H3. The quantitative estimate of drug-likeness (QED) is 0.554. The zero-order valence-electron chi connectivity index (χ0n) is 7.69. The Balaban J connectivity index is 1.70. The molecule has 4 nitrogen and oxygen atoms in total. The Labute approximate surface area is 77.1 Å². The molecule has 0 radical (unpaired) electrons. The zero-order chi connectivity index (χ0) is 9.26. The Morgan fingerprint density at radius 1 is 1.46 bits per heavy atom. The number of hydrogen-bond donors (Lipinski definition) is 0. The van der Waals surface area contributed by atoms with Crippen molar-refractivity contribution in [2.45, 2.75) is 31.7 Å². The molecule has 2 aliphatic rings. The van der Waals surface area contributed by atoms with Gasteiger partial charge in [0.2, 0.25) is 0 Å². The summed E-state index contributed by atoms with van der Waals surface area (Å²) in [4.78, 5) is 11.1. The summed E-state index contributed by atoms with van der Waals surface area (Å²) < 4.78 is 15.5. The Morgan fingerprint density at radius 3 is 2.54 bits per heavy atom. The number of ketones is 1. The lowest BCUT2D eigenvalue weighted by Gasteiger charge is -2.12. The Hall–Kier alpha value is -0.450.